The highest BCUT2D eigenvalue weighted by Crippen LogP contribution is 2.27. The van der Waals surface area contributed by atoms with Gasteiger partial charge < -0.3 is 14.8 Å². The molecule has 6 heteroatoms. The molecule has 6 nitrogen and oxygen atoms in total. The van der Waals surface area contributed by atoms with Crippen LogP contribution < -0.4 is 14.8 Å². The van der Waals surface area contributed by atoms with Crippen LogP contribution in [0.4, 0.5) is 5.69 Å². The van der Waals surface area contributed by atoms with Gasteiger partial charge in [-0.1, -0.05) is 6.07 Å². The van der Waals surface area contributed by atoms with Gasteiger partial charge >= 0.3 is 0 Å². The lowest BCUT2D eigenvalue weighted by Crippen LogP contribution is -2.13. The van der Waals surface area contributed by atoms with Crippen molar-refractivity contribution in [1.82, 2.24) is 0 Å². The molecule has 25 heavy (non-hydrogen) atoms. The zero-order valence-corrected chi connectivity index (χ0v) is 13.8. The maximum absolute atomic E-state index is 11.9. The number of nitriles is 2. The third-order valence-electron chi connectivity index (χ3n) is 3.37. The number of nitrogens with zero attached hydrogens (tertiary/aromatic N) is 2. The lowest BCUT2D eigenvalue weighted by molar-refractivity contribution is -0.116. The predicted octanol–water partition coefficient (Wildman–Crippen LogP) is 3.24. The second-order valence-electron chi connectivity index (χ2n) is 5.17. The molecule has 0 aromatic heterocycles. The Bertz CT molecular complexity index is 835. The molecular formula is C19H17N3O3. The summed E-state index contributed by atoms with van der Waals surface area (Å²) in [7, 11) is 1.51. The van der Waals surface area contributed by atoms with E-state index in [1.165, 1.54) is 7.11 Å². The Labute approximate surface area is 146 Å². The normalized spacial score (nSPS) is 9.56. The van der Waals surface area contributed by atoms with Crippen molar-refractivity contribution in [2.75, 3.05) is 19.0 Å². The van der Waals surface area contributed by atoms with E-state index in [1.54, 1.807) is 42.5 Å². The van der Waals surface area contributed by atoms with Crippen molar-refractivity contribution in [3.63, 3.8) is 0 Å². The molecular weight excluding hydrogens is 318 g/mol. The highest BCUT2D eigenvalue weighted by molar-refractivity contribution is 5.90. The Kier molecular flexibility index (Phi) is 6.39. The maximum atomic E-state index is 11.9. The van der Waals surface area contributed by atoms with Gasteiger partial charge in [-0.25, -0.2) is 0 Å². The standard InChI is InChI=1S/C19H17N3O3/c1-24-18-11-15(13-21)7-8-17(18)25-9-3-6-19(23)22-16-5-2-4-14(10-16)12-20/h2,4-5,7-8,10-11H,3,6,9H2,1H3,(H,22,23). The molecule has 0 saturated heterocycles. The predicted molar refractivity (Wildman–Crippen MR) is 92.2 cm³/mol. The quantitative estimate of drug-likeness (QED) is 0.784. The van der Waals surface area contributed by atoms with Gasteiger partial charge in [0.05, 0.1) is 37.0 Å². The highest BCUT2D eigenvalue weighted by Gasteiger charge is 2.07. The number of hydrogen-bond acceptors (Lipinski definition) is 5. The minimum atomic E-state index is -0.148. The Balaban J connectivity index is 1.80. The lowest BCUT2D eigenvalue weighted by atomic mass is 10.2. The van der Waals surface area contributed by atoms with Crippen molar-refractivity contribution < 1.29 is 14.3 Å². The first kappa shape index (κ1) is 17.8. The van der Waals surface area contributed by atoms with E-state index in [2.05, 4.69) is 5.32 Å². The minimum absolute atomic E-state index is 0.148. The highest BCUT2D eigenvalue weighted by atomic mass is 16.5. The van der Waals surface area contributed by atoms with Crippen molar-refractivity contribution in [3.8, 4) is 23.6 Å². The number of anilines is 1. The monoisotopic (exact) mass is 335 g/mol. The molecule has 1 amide bonds. The molecule has 1 N–H and O–H groups in total. The lowest BCUT2D eigenvalue weighted by Gasteiger charge is -2.11. The van der Waals surface area contributed by atoms with Crippen molar-refractivity contribution in [2.45, 2.75) is 12.8 Å². The summed E-state index contributed by atoms with van der Waals surface area (Å²) in [5.74, 6) is 0.867. The fourth-order valence-electron chi connectivity index (χ4n) is 2.16. The number of methoxy groups -OCH3 is 1. The maximum Gasteiger partial charge on any atom is 0.224 e. The summed E-state index contributed by atoms with van der Waals surface area (Å²) in [5.41, 5.74) is 1.58. The molecule has 0 bridgehead atoms. The first-order valence-corrected chi connectivity index (χ1v) is 7.67. The van der Waals surface area contributed by atoms with Crippen LogP contribution in [0, 0.1) is 22.7 Å². The summed E-state index contributed by atoms with van der Waals surface area (Å²) in [6.45, 7) is 0.341. The molecule has 0 heterocycles. The molecule has 0 aliphatic carbocycles. The van der Waals surface area contributed by atoms with Gasteiger partial charge in [0.2, 0.25) is 5.91 Å². The number of nitrogens with one attached hydrogen (secondary N) is 1. The van der Waals surface area contributed by atoms with Gasteiger partial charge in [0.25, 0.3) is 0 Å². The van der Waals surface area contributed by atoms with Crippen LogP contribution in [0.3, 0.4) is 0 Å². The number of hydrogen-bond donors (Lipinski definition) is 1. The van der Waals surface area contributed by atoms with Crippen molar-refractivity contribution in [1.29, 1.82) is 10.5 Å². The second-order valence-corrected chi connectivity index (χ2v) is 5.17. The number of carbonyl (C=O) groups excluding carboxylic acids is 1. The van der Waals surface area contributed by atoms with E-state index in [-0.39, 0.29) is 12.3 Å². The molecule has 0 radical (unpaired) electrons. The van der Waals surface area contributed by atoms with Crippen molar-refractivity contribution >= 4 is 11.6 Å². The zero-order valence-electron chi connectivity index (χ0n) is 13.8. The molecule has 0 saturated carbocycles. The van der Waals surface area contributed by atoms with Crippen molar-refractivity contribution in [3.05, 3.63) is 53.6 Å². The van der Waals surface area contributed by atoms with Crippen LogP contribution in [0.1, 0.15) is 24.0 Å². The average Bonchev–Trinajstić information content (AvgIpc) is 2.65. The Hall–Kier alpha value is -3.51. The van der Waals surface area contributed by atoms with E-state index in [0.717, 1.165) is 0 Å². The van der Waals surface area contributed by atoms with Gasteiger partial charge in [0.15, 0.2) is 11.5 Å². The van der Waals surface area contributed by atoms with Gasteiger partial charge in [0, 0.05) is 18.2 Å². The number of amides is 1. The largest absolute Gasteiger partial charge is 0.493 e. The van der Waals surface area contributed by atoms with E-state index in [1.807, 2.05) is 12.1 Å². The van der Waals surface area contributed by atoms with Crippen LogP contribution in [-0.2, 0) is 4.79 Å². The van der Waals surface area contributed by atoms with Crippen LogP contribution in [0.15, 0.2) is 42.5 Å². The third kappa shape index (κ3) is 5.26. The SMILES string of the molecule is COc1cc(C#N)ccc1OCCCC(=O)Nc1cccc(C#N)c1. The molecule has 0 aliphatic heterocycles. The van der Waals surface area contributed by atoms with Crippen LogP contribution in [-0.4, -0.2) is 19.6 Å². The van der Waals surface area contributed by atoms with Crippen LogP contribution in [0.25, 0.3) is 0 Å². The van der Waals surface area contributed by atoms with E-state index in [4.69, 9.17) is 20.0 Å². The molecule has 2 aromatic carbocycles. The molecule has 0 unspecified atom stereocenters. The van der Waals surface area contributed by atoms with Gasteiger partial charge in [0.1, 0.15) is 0 Å². The smallest absolute Gasteiger partial charge is 0.224 e. The molecule has 0 atom stereocenters. The fourth-order valence-corrected chi connectivity index (χ4v) is 2.16. The third-order valence-corrected chi connectivity index (χ3v) is 3.37. The Morgan fingerprint density at radius 3 is 2.56 bits per heavy atom. The van der Waals surface area contributed by atoms with Crippen LogP contribution >= 0.6 is 0 Å². The number of carbonyl (C=O) groups is 1. The van der Waals surface area contributed by atoms with Crippen molar-refractivity contribution in [2.24, 2.45) is 0 Å². The summed E-state index contributed by atoms with van der Waals surface area (Å²) in [5, 5.41) is 20.5. The summed E-state index contributed by atoms with van der Waals surface area (Å²) in [6.07, 6.45) is 0.808. The van der Waals surface area contributed by atoms with Crippen LogP contribution in [0.2, 0.25) is 0 Å². The van der Waals surface area contributed by atoms with Gasteiger partial charge in [-0.2, -0.15) is 10.5 Å². The molecule has 0 fully saturated rings. The topological polar surface area (TPSA) is 95.1 Å². The number of ether oxygens (including phenoxy) is 2. The van der Waals surface area contributed by atoms with E-state index in [9.17, 15) is 4.79 Å². The summed E-state index contributed by atoms with van der Waals surface area (Å²) >= 11 is 0. The average molecular weight is 335 g/mol. The first-order chi connectivity index (χ1) is 12.2. The number of rotatable bonds is 7. The van der Waals surface area contributed by atoms with E-state index < -0.39 is 0 Å². The Morgan fingerprint density at radius 1 is 1.08 bits per heavy atom. The fraction of sp³-hybridized carbons (Fsp3) is 0.211. The zero-order chi connectivity index (χ0) is 18.1. The number of benzene rings is 2. The van der Waals surface area contributed by atoms with Gasteiger partial charge in [-0.15, -0.1) is 0 Å². The molecule has 0 aliphatic rings. The van der Waals surface area contributed by atoms with Gasteiger partial charge in [-0.05, 0) is 36.8 Å². The summed E-state index contributed by atoms with van der Waals surface area (Å²) in [4.78, 5) is 11.9. The molecule has 126 valence electrons. The van der Waals surface area contributed by atoms with Crippen LogP contribution in [0.5, 0.6) is 11.5 Å². The minimum Gasteiger partial charge on any atom is -0.493 e. The summed E-state index contributed by atoms with van der Waals surface area (Å²) in [6, 6.07) is 15.7. The van der Waals surface area contributed by atoms with Gasteiger partial charge in [-0.3, -0.25) is 4.79 Å². The first-order valence-electron chi connectivity index (χ1n) is 7.67. The Morgan fingerprint density at radius 2 is 1.84 bits per heavy atom. The van der Waals surface area contributed by atoms with E-state index in [0.29, 0.717) is 41.3 Å². The summed E-state index contributed by atoms with van der Waals surface area (Å²) < 4.78 is 10.8. The molecule has 0 spiro atoms. The van der Waals surface area contributed by atoms with E-state index >= 15 is 0 Å². The second kappa shape index (κ2) is 8.95. The molecule has 2 aromatic rings. The molecule has 2 rings (SSSR count).